The molecule has 0 radical (unpaired) electrons. The Balaban J connectivity index is 1.74. The van der Waals surface area contributed by atoms with Gasteiger partial charge < -0.3 is 15.4 Å². The molecule has 0 aliphatic carbocycles. The summed E-state index contributed by atoms with van der Waals surface area (Å²) in [7, 11) is 0. The molecule has 0 bridgehead atoms. The number of benzene rings is 2. The van der Waals surface area contributed by atoms with Gasteiger partial charge in [-0.1, -0.05) is 36.0 Å². The lowest BCUT2D eigenvalue weighted by molar-refractivity contribution is -0.142. The Hall–Kier alpha value is -3.27. The Bertz CT molecular complexity index is 1070. The molecule has 2 aromatic carbocycles. The molecule has 2 N–H and O–H groups in total. The standard InChI is InChI=1S/C22H20F3N3O3S/c1-2-31-21(30)12-14-11-20(28-18-10-6-5-9-17(18)26-14)32-13-19(29)27-16-8-4-3-7-15(16)22(23,24)25/h3-11,26H,2,12-13H2,1H3,(H,27,29). The normalized spacial score (nSPS) is 13.1. The topological polar surface area (TPSA) is 79.8 Å². The van der Waals surface area contributed by atoms with Gasteiger partial charge in [-0.15, -0.1) is 0 Å². The van der Waals surface area contributed by atoms with Crippen molar-refractivity contribution < 1.29 is 27.5 Å². The van der Waals surface area contributed by atoms with Crippen molar-refractivity contribution in [3.63, 3.8) is 0 Å². The number of aliphatic imine (C=N–C) groups is 1. The molecule has 0 saturated heterocycles. The molecule has 0 spiro atoms. The van der Waals surface area contributed by atoms with Crippen LogP contribution in [0.2, 0.25) is 0 Å². The van der Waals surface area contributed by atoms with Crippen molar-refractivity contribution in [2.75, 3.05) is 23.0 Å². The van der Waals surface area contributed by atoms with Crippen LogP contribution in [0.3, 0.4) is 0 Å². The number of esters is 1. The molecule has 3 rings (SSSR count). The molecular formula is C22H20F3N3O3S. The van der Waals surface area contributed by atoms with E-state index in [1.54, 1.807) is 31.2 Å². The molecule has 1 amide bonds. The maximum absolute atomic E-state index is 13.1. The average Bonchev–Trinajstić information content (AvgIpc) is 2.90. The molecule has 0 aromatic heterocycles. The van der Waals surface area contributed by atoms with Gasteiger partial charge in [0.2, 0.25) is 5.91 Å². The maximum atomic E-state index is 13.1. The van der Waals surface area contributed by atoms with Crippen molar-refractivity contribution in [2.24, 2.45) is 4.99 Å². The molecule has 1 aliphatic heterocycles. The first-order valence-electron chi connectivity index (χ1n) is 9.66. The molecule has 0 atom stereocenters. The van der Waals surface area contributed by atoms with E-state index in [4.69, 9.17) is 4.74 Å². The van der Waals surface area contributed by atoms with E-state index in [2.05, 4.69) is 15.6 Å². The van der Waals surface area contributed by atoms with Gasteiger partial charge in [0.15, 0.2) is 0 Å². The van der Waals surface area contributed by atoms with Crippen LogP contribution in [-0.2, 0) is 20.5 Å². The van der Waals surface area contributed by atoms with E-state index < -0.39 is 23.6 Å². The lowest BCUT2D eigenvalue weighted by Gasteiger charge is -2.13. The number of hydrogen-bond donors (Lipinski definition) is 2. The summed E-state index contributed by atoms with van der Waals surface area (Å²) in [5.41, 5.74) is 0.594. The van der Waals surface area contributed by atoms with Crippen LogP contribution in [0.15, 0.2) is 65.3 Å². The first-order chi connectivity index (χ1) is 15.3. The number of anilines is 2. The van der Waals surface area contributed by atoms with Crippen LogP contribution in [0.25, 0.3) is 0 Å². The second-order valence-electron chi connectivity index (χ2n) is 6.62. The molecule has 0 fully saturated rings. The fraction of sp³-hybridized carbons (Fsp3) is 0.227. The van der Waals surface area contributed by atoms with E-state index in [0.29, 0.717) is 22.1 Å². The van der Waals surface area contributed by atoms with E-state index in [9.17, 15) is 22.8 Å². The monoisotopic (exact) mass is 463 g/mol. The second kappa shape index (κ2) is 10.4. The number of halogens is 3. The minimum absolute atomic E-state index is 0.0209. The molecule has 10 heteroatoms. The highest BCUT2D eigenvalue weighted by Gasteiger charge is 2.33. The maximum Gasteiger partial charge on any atom is 0.418 e. The van der Waals surface area contributed by atoms with Gasteiger partial charge in [0, 0.05) is 5.70 Å². The highest BCUT2D eigenvalue weighted by atomic mass is 32.2. The van der Waals surface area contributed by atoms with E-state index in [1.807, 2.05) is 6.07 Å². The Morgan fingerprint density at radius 1 is 1.12 bits per heavy atom. The van der Waals surface area contributed by atoms with Gasteiger partial charge in [-0.2, -0.15) is 13.2 Å². The molecule has 1 heterocycles. The van der Waals surface area contributed by atoms with Crippen LogP contribution in [0.5, 0.6) is 0 Å². The minimum atomic E-state index is -4.58. The highest BCUT2D eigenvalue weighted by molar-refractivity contribution is 8.14. The van der Waals surface area contributed by atoms with Crippen LogP contribution in [0.4, 0.5) is 30.2 Å². The number of rotatable bonds is 6. The van der Waals surface area contributed by atoms with Gasteiger partial charge in [0.25, 0.3) is 0 Å². The summed E-state index contributed by atoms with van der Waals surface area (Å²) in [5.74, 6) is -1.20. The zero-order valence-corrected chi connectivity index (χ0v) is 17.8. The Labute approximate surface area is 186 Å². The van der Waals surface area contributed by atoms with Crippen molar-refractivity contribution in [2.45, 2.75) is 19.5 Å². The molecule has 168 valence electrons. The third kappa shape index (κ3) is 6.36. The summed E-state index contributed by atoms with van der Waals surface area (Å²) in [6, 6.07) is 12.0. The van der Waals surface area contributed by atoms with Crippen molar-refractivity contribution in [1.82, 2.24) is 0 Å². The first-order valence-corrected chi connectivity index (χ1v) is 10.6. The SMILES string of the molecule is CCOC(=O)CC1=CC(SCC(=O)Nc2ccccc2C(F)(F)F)=Nc2ccccc2N1. The number of fused-ring (bicyclic) bond motifs is 1. The second-order valence-corrected chi connectivity index (χ2v) is 7.62. The van der Waals surface area contributed by atoms with E-state index in [-0.39, 0.29) is 24.5 Å². The average molecular weight is 463 g/mol. The molecule has 32 heavy (non-hydrogen) atoms. The van der Waals surface area contributed by atoms with Crippen molar-refractivity contribution in [1.29, 1.82) is 0 Å². The number of amides is 1. The largest absolute Gasteiger partial charge is 0.466 e. The van der Waals surface area contributed by atoms with E-state index in [0.717, 1.165) is 17.8 Å². The fourth-order valence-corrected chi connectivity index (χ4v) is 3.63. The van der Waals surface area contributed by atoms with Crippen molar-refractivity contribution in [3.8, 4) is 0 Å². The third-order valence-electron chi connectivity index (χ3n) is 4.23. The Morgan fingerprint density at radius 3 is 2.59 bits per heavy atom. The van der Waals surface area contributed by atoms with Crippen LogP contribution in [-0.4, -0.2) is 29.3 Å². The van der Waals surface area contributed by atoms with Crippen LogP contribution in [0, 0.1) is 0 Å². The van der Waals surface area contributed by atoms with Crippen molar-refractivity contribution in [3.05, 3.63) is 65.9 Å². The van der Waals surface area contributed by atoms with Crippen LogP contribution in [0.1, 0.15) is 18.9 Å². The number of carbonyl (C=O) groups is 2. The Morgan fingerprint density at radius 2 is 1.84 bits per heavy atom. The Kier molecular flexibility index (Phi) is 7.57. The predicted octanol–water partition coefficient (Wildman–Crippen LogP) is 5.37. The zero-order valence-electron chi connectivity index (χ0n) is 17.0. The van der Waals surface area contributed by atoms with E-state index >= 15 is 0 Å². The van der Waals surface area contributed by atoms with Gasteiger partial charge in [0.1, 0.15) is 0 Å². The minimum Gasteiger partial charge on any atom is -0.466 e. The molecular weight excluding hydrogens is 443 g/mol. The summed E-state index contributed by atoms with van der Waals surface area (Å²) < 4.78 is 44.4. The van der Waals surface area contributed by atoms with Gasteiger partial charge in [0.05, 0.1) is 46.4 Å². The number of hydrogen-bond acceptors (Lipinski definition) is 6. The molecule has 2 aromatic rings. The number of para-hydroxylation sites is 3. The molecule has 0 unspecified atom stereocenters. The third-order valence-corrected chi connectivity index (χ3v) is 5.14. The van der Waals surface area contributed by atoms with Crippen molar-refractivity contribution >= 4 is 45.7 Å². The van der Waals surface area contributed by atoms with Gasteiger partial charge in [-0.3, -0.25) is 9.59 Å². The molecule has 1 aliphatic rings. The van der Waals surface area contributed by atoms with Crippen LogP contribution < -0.4 is 10.6 Å². The van der Waals surface area contributed by atoms with Gasteiger partial charge >= 0.3 is 12.1 Å². The highest BCUT2D eigenvalue weighted by Crippen LogP contribution is 2.35. The number of thioether (sulfide) groups is 1. The number of nitrogens with zero attached hydrogens (tertiary/aromatic N) is 1. The summed E-state index contributed by atoms with van der Waals surface area (Å²) in [6.07, 6.45) is -2.98. The quantitative estimate of drug-likeness (QED) is 0.563. The lowest BCUT2D eigenvalue weighted by Crippen LogP contribution is -2.18. The summed E-state index contributed by atoms with van der Waals surface area (Å²) in [4.78, 5) is 28.8. The number of carbonyl (C=O) groups excluding carboxylic acids is 2. The molecule has 6 nitrogen and oxygen atoms in total. The number of alkyl halides is 3. The predicted molar refractivity (Wildman–Crippen MR) is 119 cm³/mol. The number of ether oxygens (including phenoxy) is 1. The van der Waals surface area contributed by atoms with Gasteiger partial charge in [-0.25, -0.2) is 4.99 Å². The smallest absolute Gasteiger partial charge is 0.418 e. The molecule has 0 saturated carbocycles. The van der Waals surface area contributed by atoms with E-state index in [1.165, 1.54) is 18.2 Å². The lowest BCUT2D eigenvalue weighted by atomic mass is 10.1. The number of nitrogens with one attached hydrogen (secondary N) is 2. The zero-order chi connectivity index (χ0) is 23.1. The van der Waals surface area contributed by atoms with Gasteiger partial charge in [-0.05, 0) is 37.3 Å². The summed E-state index contributed by atoms with van der Waals surface area (Å²) >= 11 is 1.05. The summed E-state index contributed by atoms with van der Waals surface area (Å²) in [5, 5.41) is 5.88. The first kappa shape index (κ1) is 23.4. The fourth-order valence-electron chi connectivity index (χ4n) is 2.89. The van der Waals surface area contributed by atoms with Crippen LogP contribution >= 0.6 is 11.8 Å². The summed E-state index contributed by atoms with van der Waals surface area (Å²) in [6.45, 7) is 1.96.